The third-order valence-corrected chi connectivity index (χ3v) is 2.97. The van der Waals surface area contributed by atoms with Crippen LogP contribution in [0.5, 0.6) is 0 Å². The molecule has 6 nitrogen and oxygen atoms in total. The zero-order chi connectivity index (χ0) is 17.1. The van der Waals surface area contributed by atoms with Crippen LogP contribution < -0.4 is 15.6 Å². The highest BCUT2D eigenvalue weighted by Gasteiger charge is 2.67. The molecule has 0 fully saturated rings. The van der Waals surface area contributed by atoms with E-state index in [0.717, 1.165) is 26.3 Å². The van der Waals surface area contributed by atoms with Crippen molar-refractivity contribution in [1.82, 2.24) is 5.32 Å². The summed E-state index contributed by atoms with van der Waals surface area (Å²) in [6.45, 7) is 0.818. The number of carbonyl (C=O) groups is 2. The Morgan fingerprint density at radius 1 is 1.32 bits per heavy atom. The van der Waals surface area contributed by atoms with E-state index in [1.165, 1.54) is 5.32 Å². The van der Waals surface area contributed by atoms with Gasteiger partial charge in [0.1, 0.15) is 11.2 Å². The van der Waals surface area contributed by atoms with Crippen LogP contribution in [0.3, 0.4) is 0 Å². The van der Waals surface area contributed by atoms with Crippen LogP contribution >= 0.6 is 23.2 Å². The molecular formula is C11H11Cl2F3N3O3+. The topological polar surface area (TPSA) is 81.6 Å². The summed E-state index contributed by atoms with van der Waals surface area (Å²) in [6.07, 6.45) is -4.08. The number of aromatic amines is 1. The lowest BCUT2D eigenvalue weighted by molar-refractivity contribution is -0.362. The van der Waals surface area contributed by atoms with Crippen molar-refractivity contribution in [3.63, 3.8) is 0 Å². The Balaban J connectivity index is 3.41. The van der Waals surface area contributed by atoms with Crippen molar-refractivity contribution in [2.45, 2.75) is 18.8 Å². The Morgan fingerprint density at radius 3 is 2.32 bits per heavy atom. The molecule has 0 spiro atoms. The molecule has 0 aliphatic heterocycles. The molecule has 22 heavy (non-hydrogen) atoms. The molecule has 0 bridgehead atoms. The number of aromatic nitrogens is 1. The highest BCUT2D eigenvalue weighted by molar-refractivity contribution is 6.35. The lowest BCUT2D eigenvalue weighted by Gasteiger charge is -2.30. The van der Waals surface area contributed by atoms with Gasteiger partial charge in [-0.25, -0.2) is 15.1 Å². The van der Waals surface area contributed by atoms with Crippen LogP contribution in [-0.2, 0) is 14.3 Å². The van der Waals surface area contributed by atoms with Crippen molar-refractivity contribution in [2.24, 2.45) is 0 Å². The summed E-state index contributed by atoms with van der Waals surface area (Å²) in [5.41, 5.74) is -3.51. The van der Waals surface area contributed by atoms with Gasteiger partial charge in [0.25, 0.3) is 5.82 Å². The van der Waals surface area contributed by atoms with Crippen molar-refractivity contribution in [2.75, 3.05) is 12.4 Å². The maximum Gasteiger partial charge on any atom is 0.464 e. The van der Waals surface area contributed by atoms with Crippen molar-refractivity contribution in [3.8, 4) is 0 Å². The molecule has 1 amide bonds. The van der Waals surface area contributed by atoms with Gasteiger partial charge in [0.15, 0.2) is 0 Å². The molecule has 1 heterocycles. The first kappa shape index (κ1) is 18.3. The fraction of sp³-hybridized carbons (Fsp3) is 0.364. The molecule has 11 heteroatoms. The van der Waals surface area contributed by atoms with Crippen LogP contribution in [-0.4, -0.2) is 30.8 Å². The molecule has 0 aromatic carbocycles. The molecule has 0 unspecified atom stereocenters. The van der Waals surface area contributed by atoms with Crippen molar-refractivity contribution in [1.29, 1.82) is 0 Å². The summed E-state index contributed by atoms with van der Waals surface area (Å²) in [6, 6.07) is 1.15. The third kappa shape index (κ3) is 3.72. The minimum absolute atomic E-state index is 0.130. The molecule has 0 aliphatic rings. The van der Waals surface area contributed by atoms with Crippen LogP contribution in [0.2, 0.25) is 10.0 Å². The quantitative estimate of drug-likeness (QED) is 0.633. The summed E-state index contributed by atoms with van der Waals surface area (Å²) >= 11 is 11.4. The molecule has 122 valence electrons. The summed E-state index contributed by atoms with van der Waals surface area (Å²) in [7, 11) is 0.750. The first-order chi connectivity index (χ1) is 10.0. The zero-order valence-electron chi connectivity index (χ0n) is 11.3. The van der Waals surface area contributed by atoms with Crippen LogP contribution in [0.15, 0.2) is 12.3 Å². The van der Waals surface area contributed by atoms with E-state index in [2.05, 4.69) is 9.72 Å². The number of amides is 1. The van der Waals surface area contributed by atoms with Gasteiger partial charge in [0.2, 0.25) is 5.91 Å². The number of H-pyrrole nitrogens is 1. The minimum atomic E-state index is -5.22. The van der Waals surface area contributed by atoms with Gasteiger partial charge >= 0.3 is 17.8 Å². The number of methoxy groups -OCH3 is 1. The maximum absolute atomic E-state index is 13.4. The third-order valence-electron chi connectivity index (χ3n) is 2.45. The number of hydrogen-bond donors (Lipinski definition) is 2. The standard InChI is InChI=1S/C11H10Cl2F3N3O3/c1-5(20)18-10(9(21)22-2,11(14,15)16)19-8-7(13)3-6(12)4-17-8/h3-4H,1-2H3,(H,17,19)(H,18,20)/p+1/t10-/m1/s1. The Kier molecular flexibility index (Phi) is 5.47. The number of anilines is 1. The SMILES string of the molecule is COC(=O)[C@@](NC(C)=O)(Nc1[nH+]cc(Cl)cc1Cl)C(F)(F)F. The Labute approximate surface area is 132 Å². The average Bonchev–Trinajstić information content (AvgIpc) is 2.38. The van der Waals surface area contributed by atoms with Crippen LogP contribution in [0, 0.1) is 0 Å². The molecule has 3 N–H and O–H groups in total. The van der Waals surface area contributed by atoms with Crippen molar-refractivity contribution in [3.05, 3.63) is 22.3 Å². The van der Waals surface area contributed by atoms with Crippen LogP contribution in [0.4, 0.5) is 19.0 Å². The lowest BCUT2D eigenvalue weighted by Crippen LogP contribution is -2.69. The molecule has 0 radical (unpaired) electrons. The Bertz CT molecular complexity index is 598. The summed E-state index contributed by atoms with van der Waals surface area (Å²) < 4.78 is 44.4. The summed E-state index contributed by atoms with van der Waals surface area (Å²) in [5.74, 6) is -3.27. The fourth-order valence-electron chi connectivity index (χ4n) is 1.54. The zero-order valence-corrected chi connectivity index (χ0v) is 12.8. The van der Waals surface area contributed by atoms with Crippen molar-refractivity contribution >= 4 is 40.9 Å². The maximum atomic E-state index is 13.4. The van der Waals surface area contributed by atoms with Crippen LogP contribution in [0.1, 0.15) is 6.92 Å². The smallest absolute Gasteiger partial charge is 0.464 e. The number of hydrogen-bond acceptors (Lipinski definition) is 4. The molecule has 0 aliphatic carbocycles. The van der Waals surface area contributed by atoms with E-state index in [9.17, 15) is 22.8 Å². The number of esters is 1. The second-order valence-corrected chi connectivity index (χ2v) is 4.93. The van der Waals surface area contributed by atoms with E-state index >= 15 is 0 Å². The highest BCUT2D eigenvalue weighted by atomic mass is 35.5. The Hall–Kier alpha value is -1.74. The van der Waals surface area contributed by atoms with E-state index in [-0.39, 0.29) is 15.9 Å². The number of ether oxygens (including phenoxy) is 1. The number of carbonyl (C=O) groups excluding carboxylic acids is 2. The van der Waals surface area contributed by atoms with Crippen molar-refractivity contribution < 1.29 is 32.5 Å². The number of alkyl halides is 3. The molecule has 0 saturated heterocycles. The summed E-state index contributed by atoms with van der Waals surface area (Å²) in [5, 5.41) is 3.25. The van der Waals surface area contributed by atoms with Gasteiger partial charge < -0.3 is 4.74 Å². The van der Waals surface area contributed by atoms with Gasteiger partial charge in [0, 0.05) is 6.92 Å². The highest BCUT2D eigenvalue weighted by Crippen LogP contribution is 2.34. The second-order valence-electron chi connectivity index (χ2n) is 4.09. The number of nitrogens with one attached hydrogen (secondary N) is 3. The van der Waals surface area contributed by atoms with E-state index in [4.69, 9.17) is 23.2 Å². The molecular weight excluding hydrogens is 350 g/mol. The van der Waals surface area contributed by atoms with Gasteiger partial charge in [0.05, 0.1) is 12.1 Å². The average molecular weight is 361 g/mol. The molecule has 0 saturated carbocycles. The molecule has 1 atom stereocenters. The van der Waals surface area contributed by atoms with E-state index < -0.39 is 23.7 Å². The minimum Gasteiger partial charge on any atom is -0.464 e. The predicted octanol–water partition coefficient (Wildman–Crippen LogP) is 1.79. The predicted molar refractivity (Wildman–Crippen MR) is 71.3 cm³/mol. The van der Waals surface area contributed by atoms with Gasteiger partial charge in [-0.15, -0.1) is 0 Å². The first-order valence-electron chi connectivity index (χ1n) is 5.62. The fourth-order valence-corrected chi connectivity index (χ4v) is 1.98. The monoisotopic (exact) mass is 360 g/mol. The van der Waals surface area contributed by atoms with E-state index in [0.29, 0.717) is 0 Å². The van der Waals surface area contributed by atoms with Gasteiger partial charge in [-0.2, -0.15) is 13.2 Å². The van der Waals surface area contributed by atoms with E-state index in [1.54, 1.807) is 0 Å². The van der Waals surface area contributed by atoms with E-state index in [1.807, 2.05) is 5.32 Å². The van der Waals surface area contributed by atoms with Gasteiger partial charge in [-0.1, -0.05) is 23.2 Å². The second kappa shape index (κ2) is 6.57. The Morgan fingerprint density at radius 2 is 1.91 bits per heavy atom. The van der Waals surface area contributed by atoms with Crippen LogP contribution in [0.25, 0.3) is 0 Å². The molecule has 1 rings (SSSR count). The summed E-state index contributed by atoms with van der Waals surface area (Å²) in [4.78, 5) is 25.2. The number of pyridine rings is 1. The number of halogens is 5. The normalized spacial score (nSPS) is 14.0. The molecule has 1 aromatic rings. The number of rotatable bonds is 4. The van der Waals surface area contributed by atoms with Gasteiger partial charge in [-0.3, -0.25) is 10.1 Å². The largest absolute Gasteiger partial charge is 0.464 e. The molecule has 1 aromatic heterocycles. The first-order valence-corrected chi connectivity index (χ1v) is 6.38. The van der Waals surface area contributed by atoms with Gasteiger partial charge in [-0.05, 0) is 6.07 Å². The lowest BCUT2D eigenvalue weighted by atomic mass is 10.1.